The Balaban J connectivity index is 2.03. The lowest BCUT2D eigenvalue weighted by Gasteiger charge is -2.12. The van der Waals surface area contributed by atoms with Gasteiger partial charge in [-0.15, -0.1) is 11.6 Å². The molecule has 0 heterocycles. The number of halogens is 1. The Kier molecular flexibility index (Phi) is 6.03. The van der Waals surface area contributed by atoms with Crippen molar-refractivity contribution in [2.24, 2.45) is 11.8 Å². The summed E-state index contributed by atoms with van der Waals surface area (Å²) < 4.78 is 0. The van der Waals surface area contributed by atoms with Gasteiger partial charge in [-0.1, -0.05) is 25.7 Å². The van der Waals surface area contributed by atoms with E-state index in [1.54, 1.807) is 0 Å². The highest BCUT2D eigenvalue weighted by Crippen LogP contribution is 2.34. The highest BCUT2D eigenvalue weighted by Gasteiger charge is 2.25. The summed E-state index contributed by atoms with van der Waals surface area (Å²) in [6, 6.07) is 2.44. The van der Waals surface area contributed by atoms with E-state index >= 15 is 0 Å². The largest absolute Gasteiger partial charge is 0.198 e. The van der Waals surface area contributed by atoms with Crippen molar-refractivity contribution in [1.82, 2.24) is 0 Å². The van der Waals surface area contributed by atoms with E-state index in [1.807, 2.05) is 0 Å². The summed E-state index contributed by atoms with van der Waals surface area (Å²) in [6.07, 6.45) is 9.95. The third kappa shape index (κ3) is 3.88. The summed E-state index contributed by atoms with van der Waals surface area (Å²) in [5, 5.41) is 8.91. The molecule has 1 saturated carbocycles. The maximum Gasteiger partial charge on any atom is 0.0658 e. The molecular weight excluding hydrogens is 194 g/mol. The molecule has 1 nitrogen and oxygen atoms in total. The number of nitrogens with zero attached hydrogens (tertiary/aromatic N) is 1. The number of hydrogen-bond acceptors (Lipinski definition) is 1. The monoisotopic (exact) mass is 213 g/mol. The highest BCUT2D eigenvalue weighted by atomic mass is 35.5. The van der Waals surface area contributed by atoms with Crippen LogP contribution in [0.3, 0.4) is 0 Å². The number of alkyl halides is 1. The first-order valence-electron chi connectivity index (χ1n) is 5.84. The van der Waals surface area contributed by atoms with Gasteiger partial charge in [0.25, 0.3) is 0 Å². The lowest BCUT2D eigenvalue weighted by Crippen LogP contribution is -2.05. The van der Waals surface area contributed by atoms with E-state index in [1.165, 1.54) is 38.5 Å². The number of rotatable bonds is 6. The van der Waals surface area contributed by atoms with Crippen LogP contribution < -0.4 is 0 Å². The fourth-order valence-electron chi connectivity index (χ4n) is 2.41. The van der Waals surface area contributed by atoms with Crippen molar-refractivity contribution >= 4 is 11.6 Å². The normalized spacial score (nSPS) is 26.3. The minimum absolute atomic E-state index is 0.364. The van der Waals surface area contributed by atoms with Crippen molar-refractivity contribution in [1.29, 1.82) is 5.26 Å². The Labute approximate surface area is 92.4 Å². The van der Waals surface area contributed by atoms with Crippen LogP contribution in [-0.2, 0) is 0 Å². The Morgan fingerprint density at radius 1 is 1.14 bits per heavy atom. The quantitative estimate of drug-likeness (QED) is 0.481. The maximum atomic E-state index is 8.91. The molecular formula is C12H20ClN. The zero-order valence-electron chi connectivity index (χ0n) is 8.84. The summed E-state index contributed by atoms with van der Waals surface area (Å²) in [5.41, 5.74) is 0. The summed E-state index contributed by atoms with van der Waals surface area (Å²) in [7, 11) is 0. The second-order valence-electron chi connectivity index (χ2n) is 4.32. The Bertz CT molecular complexity index is 185. The van der Waals surface area contributed by atoms with Gasteiger partial charge >= 0.3 is 0 Å². The number of unbranched alkanes of at least 4 members (excludes halogenated alkanes) is 3. The van der Waals surface area contributed by atoms with Gasteiger partial charge in [-0.3, -0.25) is 0 Å². The lowest BCUT2D eigenvalue weighted by molar-refractivity contribution is 0.410. The van der Waals surface area contributed by atoms with Crippen LogP contribution in [-0.4, -0.2) is 5.88 Å². The smallest absolute Gasteiger partial charge is 0.0658 e. The van der Waals surface area contributed by atoms with Crippen molar-refractivity contribution in [2.45, 2.75) is 51.4 Å². The van der Waals surface area contributed by atoms with Crippen LogP contribution in [0.1, 0.15) is 51.4 Å². The molecule has 1 aliphatic rings. The molecule has 0 spiro atoms. The van der Waals surface area contributed by atoms with E-state index in [0.717, 1.165) is 18.7 Å². The van der Waals surface area contributed by atoms with Crippen LogP contribution in [0.5, 0.6) is 0 Å². The summed E-state index contributed by atoms with van der Waals surface area (Å²) in [6.45, 7) is 0. The molecule has 0 bridgehead atoms. The molecule has 14 heavy (non-hydrogen) atoms. The molecule has 1 fully saturated rings. The lowest BCUT2D eigenvalue weighted by atomic mass is 9.92. The molecule has 80 valence electrons. The molecule has 0 aliphatic heterocycles. The van der Waals surface area contributed by atoms with Crippen molar-refractivity contribution in [3.05, 3.63) is 0 Å². The van der Waals surface area contributed by atoms with Crippen LogP contribution in [0.25, 0.3) is 0 Å². The predicted molar refractivity (Wildman–Crippen MR) is 60.2 cm³/mol. The van der Waals surface area contributed by atoms with Gasteiger partial charge in [-0.25, -0.2) is 0 Å². The van der Waals surface area contributed by atoms with Gasteiger partial charge in [0.2, 0.25) is 0 Å². The van der Waals surface area contributed by atoms with Crippen LogP contribution in [0.2, 0.25) is 0 Å². The molecule has 1 aliphatic carbocycles. The average molecular weight is 214 g/mol. The molecule has 0 aromatic heterocycles. The first kappa shape index (κ1) is 11.9. The molecule has 0 N–H and O–H groups in total. The van der Waals surface area contributed by atoms with Crippen molar-refractivity contribution in [3.63, 3.8) is 0 Å². The summed E-state index contributed by atoms with van der Waals surface area (Å²) in [4.78, 5) is 0. The molecule has 0 saturated heterocycles. The van der Waals surface area contributed by atoms with E-state index in [9.17, 15) is 0 Å². The van der Waals surface area contributed by atoms with E-state index in [2.05, 4.69) is 6.07 Å². The molecule has 0 amide bonds. The topological polar surface area (TPSA) is 23.8 Å². The average Bonchev–Trinajstić information content (AvgIpc) is 2.65. The highest BCUT2D eigenvalue weighted by molar-refractivity contribution is 6.17. The molecule has 2 atom stereocenters. The summed E-state index contributed by atoms with van der Waals surface area (Å²) in [5.74, 6) is 1.86. The molecule has 0 radical (unpaired) electrons. The SMILES string of the molecule is N#CC1CCCC1CCCCCCCl. The van der Waals surface area contributed by atoms with E-state index in [4.69, 9.17) is 16.9 Å². The molecule has 0 aromatic carbocycles. The molecule has 1 rings (SSSR count). The fourth-order valence-corrected chi connectivity index (χ4v) is 2.60. The van der Waals surface area contributed by atoms with Gasteiger partial charge in [-0.2, -0.15) is 5.26 Å². The first-order chi connectivity index (χ1) is 6.88. The second-order valence-corrected chi connectivity index (χ2v) is 4.70. The second kappa shape index (κ2) is 7.12. The third-order valence-corrected chi connectivity index (χ3v) is 3.55. The number of hydrogen-bond donors (Lipinski definition) is 0. The zero-order valence-corrected chi connectivity index (χ0v) is 9.60. The van der Waals surface area contributed by atoms with Crippen LogP contribution in [0.15, 0.2) is 0 Å². The predicted octanol–water partition coefficient (Wildman–Crippen LogP) is 4.12. The van der Waals surface area contributed by atoms with E-state index in [0.29, 0.717) is 11.8 Å². The standard InChI is InChI=1S/C12H20ClN/c13-9-4-2-1-3-6-11-7-5-8-12(11)10-14/h11-12H,1-9H2. The minimum atomic E-state index is 0.364. The van der Waals surface area contributed by atoms with Gasteiger partial charge in [0.15, 0.2) is 0 Å². The van der Waals surface area contributed by atoms with Gasteiger partial charge in [-0.05, 0) is 31.6 Å². The van der Waals surface area contributed by atoms with Crippen LogP contribution >= 0.6 is 11.6 Å². The Morgan fingerprint density at radius 3 is 2.64 bits per heavy atom. The minimum Gasteiger partial charge on any atom is -0.198 e. The zero-order chi connectivity index (χ0) is 10.2. The number of nitriles is 1. The molecule has 0 aromatic rings. The van der Waals surface area contributed by atoms with Gasteiger partial charge in [0.05, 0.1) is 6.07 Å². The van der Waals surface area contributed by atoms with Crippen LogP contribution in [0.4, 0.5) is 0 Å². The van der Waals surface area contributed by atoms with Gasteiger partial charge in [0.1, 0.15) is 0 Å². The molecule has 2 unspecified atom stereocenters. The Morgan fingerprint density at radius 2 is 1.93 bits per heavy atom. The van der Waals surface area contributed by atoms with E-state index < -0.39 is 0 Å². The van der Waals surface area contributed by atoms with Gasteiger partial charge < -0.3 is 0 Å². The third-order valence-electron chi connectivity index (χ3n) is 3.28. The van der Waals surface area contributed by atoms with Crippen molar-refractivity contribution in [3.8, 4) is 6.07 Å². The first-order valence-corrected chi connectivity index (χ1v) is 6.37. The molecule has 2 heteroatoms. The van der Waals surface area contributed by atoms with Crippen molar-refractivity contribution in [2.75, 3.05) is 5.88 Å². The fraction of sp³-hybridized carbons (Fsp3) is 0.917. The van der Waals surface area contributed by atoms with E-state index in [-0.39, 0.29) is 0 Å². The maximum absolute atomic E-state index is 8.91. The Hall–Kier alpha value is -0.220. The van der Waals surface area contributed by atoms with Crippen LogP contribution in [0, 0.1) is 23.2 Å². The van der Waals surface area contributed by atoms with Gasteiger partial charge in [0, 0.05) is 11.8 Å². The van der Waals surface area contributed by atoms with Crippen molar-refractivity contribution < 1.29 is 0 Å². The summed E-state index contributed by atoms with van der Waals surface area (Å²) >= 11 is 5.61.